The first-order valence-electron chi connectivity index (χ1n) is 4.81. The largest absolute Gasteiger partial charge is 0.0991 e. The van der Waals surface area contributed by atoms with E-state index >= 15 is 0 Å². The van der Waals surface area contributed by atoms with Crippen LogP contribution in [0.2, 0.25) is 0 Å². The molecule has 66 valence electrons. The van der Waals surface area contributed by atoms with Gasteiger partial charge in [-0.05, 0) is 36.3 Å². The van der Waals surface area contributed by atoms with Gasteiger partial charge in [0, 0.05) is 0 Å². The van der Waals surface area contributed by atoms with E-state index in [2.05, 4.69) is 32.6 Å². The molecule has 0 aliphatic heterocycles. The lowest BCUT2D eigenvalue weighted by atomic mass is 10.0. The van der Waals surface area contributed by atoms with E-state index in [1.807, 2.05) is 6.08 Å². The number of allylic oxidation sites excluding steroid dienone is 5. The van der Waals surface area contributed by atoms with Crippen LogP contribution in [-0.2, 0) is 0 Å². The zero-order chi connectivity index (χ0) is 8.97. The lowest BCUT2D eigenvalue weighted by Gasteiger charge is -2.04. The van der Waals surface area contributed by atoms with Crippen molar-refractivity contribution in [3.8, 4) is 0 Å². The Hall–Kier alpha value is -0.780. The van der Waals surface area contributed by atoms with Crippen LogP contribution in [0.5, 0.6) is 0 Å². The molecule has 1 aliphatic carbocycles. The Kier molecular flexibility index (Phi) is 3.33. The Balaban J connectivity index is 2.84. The Morgan fingerprint density at radius 2 is 2.33 bits per heavy atom. The van der Waals surface area contributed by atoms with Crippen molar-refractivity contribution in [3.63, 3.8) is 0 Å². The van der Waals surface area contributed by atoms with Crippen molar-refractivity contribution in [2.45, 2.75) is 33.1 Å². The van der Waals surface area contributed by atoms with Crippen molar-refractivity contribution in [1.29, 1.82) is 0 Å². The normalized spacial score (nSPS) is 30.0. The summed E-state index contributed by atoms with van der Waals surface area (Å²) in [6.07, 6.45) is 10.1. The van der Waals surface area contributed by atoms with Crippen LogP contribution < -0.4 is 0 Å². The molecule has 0 saturated heterocycles. The number of hydrogen-bond donors (Lipinski definition) is 0. The minimum atomic E-state index is 0.760. The standard InChI is InChI=1S/C12H18/c1-4-6-11-9-8-10(3)12(11)7-5-2/h4,6-7,10H,1,5,8-9H2,2-3H3/b11-6-,12-7-. The SMILES string of the molecule is C=C/C=C1/CCC(C)/C1=C/CC. The van der Waals surface area contributed by atoms with Gasteiger partial charge in [-0.15, -0.1) is 0 Å². The van der Waals surface area contributed by atoms with Crippen molar-refractivity contribution in [2.75, 3.05) is 0 Å². The molecule has 1 aliphatic rings. The van der Waals surface area contributed by atoms with E-state index in [9.17, 15) is 0 Å². The Morgan fingerprint density at radius 3 is 2.92 bits per heavy atom. The van der Waals surface area contributed by atoms with E-state index in [1.165, 1.54) is 18.4 Å². The molecule has 12 heavy (non-hydrogen) atoms. The molecule has 1 saturated carbocycles. The molecule has 0 spiro atoms. The molecule has 1 fully saturated rings. The van der Waals surface area contributed by atoms with Crippen LogP contribution in [0.25, 0.3) is 0 Å². The third-order valence-electron chi connectivity index (χ3n) is 2.49. The molecule has 0 amide bonds. The molecule has 0 nitrogen and oxygen atoms in total. The Morgan fingerprint density at radius 1 is 1.58 bits per heavy atom. The fourth-order valence-corrected chi connectivity index (χ4v) is 1.86. The van der Waals surface area contributed by atoms with E-state index in [1.54, 1.807) is 5.57 Å². The summed E-state index contributed by atoms with van der Waals surface area (Å²) < 4.78 is 0. The highest BCUT2D eigenvalue weighted by Crippen LogP contribution is 2.35. The topological polar surface area (TPSA) is 0 Å². The molecule has 0 heteroatoms. The second kappa shape index (κ2) is 4.30. The highest BCUT2D eigenvalue weighted by molar-refractivity contribution is 5.38. The Labute approximate surface area is 75.7 Å². The van der Waals surface area contributed by atoms with Crippen LogP contribution in [0.15, 0.2) is 36.0 Å². The minimum absolute atomic E-state index is 0.760. The van der Waals surface area contributed by atoms with Gasteiger partial charge in [-0.3, -0.25) is 0 Å². The molecule has 0 aromatic rings. The van der Waals surface area contributed by atoms with Gasteiger partial charge in [0.25, 0.3) is 0 Å². The number of hydrogen-bond acceptors (Lipinski definition) is 0. The van der Waals surface area contributed by atoms with Crippen molar-refractivity contribution in [1.82, 2.24) is 0 Å². The average molecular weight is 162 g/mol. The Bertz CT molecular complexity index is 218. The van der Waals surface area contributed by atoms with Gasteiger partial charge in [-0.2, -0.15) is 0 Å². The van der Waals surface area contributed by atoms with Gasteiger partial charge >= 0.3 is 0 Å². The maximum absolute atomic E-state index is 3.74. The molecule has 0 radical (unpaired) electrons. The summed E-state index contributed by atoms with van der Waals surface area (Å²) >= 11 is 0. The van der Waals surface area contributed by atoms with Gasteiger partial charge in [0.2, 0.25) is 0 Å². The predicted octanol–water partition coefficient (Wildman–Crippen LogP) is 3.87. The molecular weight excluding hydrogens is 144 g/mol. The second-order valence-corrected chi connectivity index (χ2v) is 3.44. The lowest BCUT2D eigenvalue weighted by molar-refractivity contribution is 0.695. The summed E-state index contributed by atoms with van der Waals surface area (Å²) in [6.45, 7) is 8.25. The third kappa shape index (κ3) is 1.88. The molecule has 0 aromatic carbocycles. The van der Waals surface area contributed by atoms with Gasteiger partial charge in [0.1, 0.15) is 0 Å². The van der Waals surface area contributed by atoms with Crippen molar-refractivity contribution >= 4 is 0 Å². The fourth-order valence-electron chi connectivity index (χ4n) is 1.86. The van der Waals surface area contributed by atoms with Gasteiger partial charge < -0.3 is 0 Å². The van der Waals surface area contributed by atoms with E-state index < -0.39 is 0 Å². The first kappa shape index (κ1) is 9.31. The van der Waals surface area contributed by atoms with Crippen LogP contribution in [0, 0.1) is 5.92 Å². The quantitative estimate of drug-likeness (QED) is 0.578. The van der Waals surface area contributed by atoms with Gasteiger partial charge in [0.15, 0.2) is 0 Å². The zero-order valence-corrected chi connectivity index (χ0v) is 8.14. The molecule has 0 N–H and O–H groups in total. The van der Waals surface area contributed by atoms with Crippen LogP contribution >= 0.6 is 0 Å². The summed E-state index contributed by atoms with van der Waals surface area (Å²) in [5, 5.41) is 0. The highest BCUT2D eigenvalue weighted by atomic mass is 14.2. The minimum Gasteiger partial charge on any atom is -0.0991 e. The summed E-state index contributed by atoms with van der Waals surface area (Å²) in [6, 6.07) is 0. The van der Waals surface area contributed by atoms with Crippen molar-refractivity contribution in [2.24, 2.45) is 5.92 Å². The molecule has 0 aromatic heterocycles. The molecule has 0 heterocycles. The van der Waals surface area contributed by atoms with Gasteiger partial charge in [-0.25, -0.2) is 0 Å². The van der Waals surface area contributed by atoms with Crippen LogP contribution in [0.1, 0.15) is 33.1 Å². The second-order valence-electron chi connectivity index (χ2n) is 3.44. The van der Waals surface area contributed by atoms with E-state index in [0.29, 0.717) is 0 Å². The smallest absolute Gasteiger partial charge is 0.0188 e. The van der Waals surface area contributed by atoms with E-state index in [-0.39, 0.29) is 0 Å². The maximum atomic E-state index is 3.74. The fraction of sp³-hybridized carbons (Fsp3) is 0.500. The van der Waals surface area contributed by atoms with E-state index in [0.717, 1.165) is 12.3 Å². The monoisotopic (exact) mass is 162 g/mol. The van der Waals surface area contributed by atoms with Gasteiger partial charge in [0.05, 0.1) is 0 Å². The molecule has 1 unspecified atom stereocenters. The van der Waals surface area contributed by atoms with Crippen molar-refractivity contribution < 1.29 is 0 Å². The zero-order valence-electron chi connectivity index (χ0n) is 8.14. The molecule has 0 bridgehead atoms. The number of rotatable bonds is 2. The first-order chi connectivity index (χ1) is 5.79. The van der Waals surface area contributed by atoms with E-state index in [4.69, 9.17) is 0 Å². The maximum Gasteiger partial charge on any atom is -0.0188 e. The summed E-state index contributed by atoms with van der Waals surface area (Å²) in [5.74, 6) is 0.760. The van der Waals surface area contributed by atoms with Crippen LogP contribution in [0.4, 0.5) is 0 Å². The summed E-state index contributed by atoms with van der Waals surface area (Å²) in [7, 11) is 0. The highest BCUT2D eigenvalue weighted by Gasteiger charge is 2.19. The summed E-state index contributed by atoms with van der Waals surface area (Å²) in [4.78, 5) is 0. The molecule has 1 rings (SSSR count). The first-order valence-corrected chi connectivity index (χ1v) is 4.81. The van der Waals surface area contributed by atoms with Crippen LogP contribution in [-0.4, -0.2) is 0 Å². The average Bonchev–Trinajstić information content (AvgIpc) is 2.37. The predicted molar refractivity (Wildman–Crippen MR) is 55.1 cm³/mol. The van der Waals surface area contributed by atoms with Gasteiger partial charge in [-0.1, -0.05) is 38.7 Å². The van der Waals surface area contributed by atoms with Crippen LogP contribution in [0.3, 0.4) is 0 Å². The molecular formula is C12H18. The summed E-state index contributed by atoms with van der Waals surface area (Å²) in [5.41, 5.74) is 3.05. The lowest BCUT2D eigenvalue weighted by Crippen LogP contribution is -1.89. The van der Waals surface area contributed by atoms with Crippen molar-refractivity contribution in [3.05, 3.63) is 36.0 Å². The third-order valence-corrected chi connectivity index (χ3v) is 2.49. The molecule has 1 atom stereocenters.